The Morgan fingerprint density at radius 3 is 2.21 bits per heavy atom. The molecule has 1 atom stereocenters. The van der Waals surface area contributed by atoms with Crippen LogP contribution < -0.4 is 5.73 Å². The maximum Gasteiger partial charge on any atom is 0.0243 e. The Kier molecular flexibility index (Phi) is 8.73. The first-order valence-corrected chi connectivity index (χ1v) is 6.99. The largest absolute Gasteiger partial charge is 0.329 e. The Morgan fingerprint density at radius 1 is 1.29 bits per heavy atom. The minimum atomic E-state index is 0.567. The fraction of sp³-hybridized carbons (Fsp3) is 1.00. The van der Waals surface area contributed by atoms with E-state index in [1.165, 1.54) is 18.6 Å². The lowest BCUT2D eigenvalue weighted by Crippen LogP contribution is -2.44. The van der Waals surface area contributed by atoms with Gasteiger partial charge >= 0.3 is 0 Å². The van der Waals surface area contributed by atoms with Crippen LogP contribution in [0.4, 0.5) is 0 Å². The molecule has 0 saturated heterocycles. The molecule has 14 heavy (non-hydrogen) atoms. The van der Waals surface area contributed by atoms with Crippen molar-refractivity contribution in [3.8, 4) is 0 Å². The molecule has 0 aromatic carbocycles. The molecule has 1 unspecified atom stereocenters. The van der Waals surface area contributed by atoms with Gasteiger partial charge in [0, 0.05) is 24.9 Å². The number of hydrogen-bond acceptors (Lipinski definition) is 3. The Morgan fingerprint density at radius 2 is 1.86 bits per heavy atom. The van der Waals surface area contributed by atoms with Crippen molar-refractivity contribution in [3.05, 3.63) is 0 Å². The Bertz CT molecular complexity index is 126. The molecule has 0 rings (SSSR count). The van der Waals surface area contributed by atoms with Crippen molar-refractivity contribution in [1.82, 2.24) is 4.90 Å². The quantitative estimate of drug-likeness (QED) is 0.676. The van der Waals surface area contributed by atoms with Crippen molar-refractivity contribution in [2.45, 2.75) is 32.7 Å². The standard InChI is InChI=1S/C11H26N2S/c1-5-10(6-2)11(9-12)13(3)7-8-14-4/h10-11H,5-9,12H2,1-4H3. The van der Waals surface area contributed by atoms with Crippen LogP contribution in [0.15, 0.2) is 0 Å². The molecular formula is C11H26N2S. The number of rotatable bonds is 8. The van der Waals surface area contributed by atoms with Crippen molar-refractivity contribution in [3.63, 3.8) is 0 Å². The van der Waals surface area contributed by atoms with Crippen molar-refractivity contribution in [2.24, 2.45) is 11.7 Å². The predicted octanol–water partition coefficient (Wildman–Crippen LogP) is 2.04. The molecule has 0 aliphatic carbocycles. The second-order valence-corrected chi connectivity index (χ2v) is 4.84. The van der Waals surface area contributed by atoms with Crippen LogP contribution in [0.5, 0.6) is 0 Å². The number of nitrogens with two attached hydrogens (primary N) is 1. The summed E-state index contributed by atoms with van der Waals surface area (Å²) >= 11 is 1.90. The van der Waals surface area contributed by atoms with Gasteiger partial charge in [0.2, 0.25) is 0 Å². The highest BCUT2D eigenvalue weighted by Crippen LogP contribution is 2.17. The number of thioether (sulfide) groups is 1. The van der Waals surface area contributed by atoms with E-state index in [1.54, 1.807) is 0 Å². The van der Waals surface area contributed by atoms with Crippen LogP contribution >= 0.6 is 11.8 Å². The van der Waals surface area contributed by atoms with E-state index in [9.17, 15) is 0 Å². The van der Waals surface area contributed by atoms with Gasteiger partial charge in [0.15, 0.2) is 0 Å². The lowest BCUT2D eigenvalue weighted by Gasteiger charge is -2.32. The van der Waals surface area contributed by atoms with E-state index in [2.05, 4.69) is 32.1 Å². The van der Waals surface area contributed by atoms with Gasteiger partial charge in [0.1, 0.15) is 0 Å². The third kappa shape index (κ3) is 4.67. The molecule has 3 heteroatoms. The highest BCUT2D eigenvalue weighted by atomic mass is 32.2. The van der Waals surface area contributed by atoms with Crippen molar-refractivity contribution in [2.75, 3.05) is 32.1 Å². The third-order valence-corrected chi connectivity index (χ3v) is 3.64. The van der Waals surface area contributed by atoms with E-state index in [0.717, 1.165) is 19.0 Å². The number of likely N-dealkylation sites (N-methyl/N-ethyl adjacent to an activating group) is 1. The van der Waals surface area contributed by atoms with Crippen LogP contribution in [0.2, 0.25) is 0 Å². The van der Waals surface area contributed by atoms with Gasteiger partial charge in [-0.25, -0.2) is 0 Å². The zero-order chi connectivity index (χ0) is 11.0. The maximum absolute atomic E-state index is 5.85. The lowest BCUT2D eigenvalue weighted by molar-refractivity contribution is 0.181. The van der Waals surface area contributed by atoms with Gasteiger partial charge in [-0.15, -0.1) is 0 Å². The highest BCUT2D eigenvalue weighted by Gasteiger charge is 2.20. The first-order valence-electron chi connectivity index (χ1n) is 5.60. The van der Waals surface area contributed by atoms with Gasteiger partial charge in [0.05, 0.1) is 0 Å². The summed E-state index contributed by atoms with van der Waals surface area (Å²) in [5.74, 6) is 1.96. The maximum atomic E-state index is 5.85. The molecule has 0 aliphatic heterocycles. The monoisotopic (exact) mass is 218 g/mol. The first kappa shape index (κ1) is 14.3. The van der Waals surface area contributed by atoms with Crippen LogP contribution in [0, 0.1) is 5.92 Å². The van der Waals surface area contributed by atoms with E-state index in [1.807, 2.05) is 11.8 Å². The molecule has 0 spiro atoms. The number of nitrogens with zero attached hydrogens (tertiary/aromatic N) is 1. The van der Waals surface area contributed by atoms with E-state index in [4.69, 9.17) is 5.73 Å². The average molecular weight is 218 g/mol. The van der Waals surface area contributed by atoms with Crippen molar-refractivity contribution in [1.29, 1.82) is 0 Å². The molecule has 0 saturated carbocycles. The topological polar surface area (TPSA) is 29.3 Å². The Hall–Kier alpha value is 0.270. The molecule has 0 aromatic heterocycles. The third-order valence-electron chi connectivity index (χ3n) is 3.05. The summed E-state index contributed by atoms with van der Waals surface area (Å²) in [6, 6.07) is 0.567. The summed E-state index contributed by atoms with van der Waals surface area (Å²) in [4.78, 5) is 2.42. The van der Waals surface area contributed by atoms with Gasteiger partial charge in [-0.05, 0) is 19.2 Å². The summed E-state index contributed by atoms with van der Waals surface area (Å²) in [6.07, 6.45) is 4.63. The van der Waals surface area contributed by atoms with E-state index >= 15 is 0 Å². The second kappa shape index (κ2) is 8.57. The summed E-state index contributed by atoms with van der Waals surface area (Å²) in [5, 5.41) is 0. The molecule has 0 radical (unpaired) electrons. The van der Waals surface area contributed by atoms with Crippen molar-refractivity contribution >= 4 is 11.8 Å². The van der Waals surface area contributed by atoms with E-state index < -0.39 is 0 Å². The molecule has 2 N–H and O–H groups in total. The minimum absolute atomic E-state index is 0.567. The van der Waals surface area contributed by atoms with Gasteiger partial charge in [-0.3, -0.25) is 0 Å². The van der Waals surface area contributed by atoms with Crippen LogP contribution in [0.3, 0.4) is 0 Å². The highest BCUT2D eigenvalue weighted by molar-refractivity contribution is 7.98. The summed E-state index contributed by atoms with van der Waals surface area (Å²) < 4.78 is 0. The average Bonchev–Trinajstić information content (AvgIpc) is 2.22. The number of hydrogen-bond donors (Lipinski definition) is 1. The summed E-state index contributed by atoms with van der Waals surface area (Å²) in [7, 11) is 2.20. The molecule has 0 amide bonds. The molecule has 0 aliphatic rings. The Labute approximate surface area is 93.6 Å². The fourth-order valence-electron chi connectivity index (χ4n) is 1.97. The van der Waals surface area contributed by atoms with E-state index in [0.29, 0.717) is 6.04 Å². The fourth-order valence-corrected chi connectivity index (χ4v) is 2.44. The lowest BCUT2D eigenvalue weighted by atomic mass is 9.93. The van der Waals surface area contributed by atoms with Crippen LogP contribution in [0.25, 0.3) is 0 Å². The SMILES string of the molecule is CCC(CC)C(CN)N(C)CCSC. The predicted molar refractivity (Wildman–Crippen MR) is 67.9 cm³/mol. The molecule has 0 bridgehead atoms. The molecule has 2 nitrogen and oxygen atoms in total. The van der Waals surface area contributed by atoms with Crippen LogP contribution in [-0.4, -0.2) is 43.1 Å². The minimum Gasteiger partial charge on any atom is -0.329 e. The van der Waals surface area contributed by atoms with Gasteiger partial charge in [0.25, 0.3) is 0 Å². The summed E-state index contributed by atoms with van der Waals surface area (Å²) in [6.45, 7) is 6.47. The zero-order valence-electron chi connectivity index (χ0n) is 10.1. The van der Waals surface area contributed by atoms with Crippen LogP contribution in [0.1, 0.15) is 26.7 Å². The van der Waals surface area contributed by atoms with Gasteiger partial charge in [-0.1, -0.05) is 26.7 Å². The molecular weight excluding hydrogens is 192 g/mol. The van der Waals surface area contributed by atoms with E-state index in [-0.39, 0.29) is 0 Å². The molecule has 0 fully saturated rings. The molecule has 0 heterocycles. The van der Waals surface area contributed by atoms with Crippen LogP contribution in [-0.2, 0) is 0 Å². The van der Waals surface area contributed by atoms with Crippen molar-refractivity contribution < 1.29 is 0 Å². The molecule has 86 valence electrons. The first-order chi connectivity index (χ1) is 6.71. The van der Waals surface area contributed by atoms with Gasteiger partial charge < -0.3 is 10.6 Å². The second-order valence-electron chi connectivity index (χ2n) is 3.85. The smallest absolute Gasteiger partial charge is 0.0243 e. The van der Waals surface area contributed by atoms with Gasteiger partial charge in [-0.2, -0.15) is 11.8 Å². The Balaban J connectivity index is 4.07. The normalized spacial score (nSPS) is 13.9. The zero-order valence-corrected chi connectivity index (χ0v) is 10.9. The summed E-state index contributed by atoms with van der Waals surface area (Å²) in [5.41, 5.74) is 5.85. The molecule has 0 aromatic rings.